The molecule has 5 nitrogen and oxygen atoms in total. The quantitative estimate of drug-likeness (QED) is 0.562. The summed E-state index contributed by atoms with van der Waals surface area (Å²) in [7, 11) is 4.20. The average molecular weight is 251 g/mol. The topological polar surface area (TPSA) is 57.4 Å². The summed E-state index contributed by atoms with van der Waals surface area (Å²) in [5, 5.41) is 0. The molecule has 18 heavy (non-hydrogen) atoms. The standard InChI is InChI=1S/C13H25N5/c1-5-18(11(2)9-17(3)4)10-12-7-6-8-13(15-12)16-14/h6-8,11H,5,9-10,14H2,1-4H3,(H,15,16). The number of anilines is 1. The number of nitrogens with one attached hydrogen (secondary N) is 1. The largest absolute Gasteiger partial charge is 0.308 e. The molecular weight excluding hydrogens is 226 g/mol. The average Bonchev–Trinajstić information content (AvgIpc) is 2.35. The predicted molar refractivity (Wildman–Crippen MR) is 76.1 cm³/mol. The number of hydrogen-bond donors (Lipinski definition) is 2. The lowest BCUT2D eigenvalue weighted by Gasteiger charge is -2.29. The minimum Gasteiger partial charge on any atom is -0.308 e. The van der Waals surface area contributed by atoms with Crippen LogP contribution in [0.2, 0.25) is 0 Å². The normalized spacial score (nSPS) is 13.1. The third-order valence-corrected chi connectivity index (χ3v) is 2.98. The van der Waals surface area contributed by atoms with Crippen molar-refractivity contribution in [2.45, 2.75) is 26.4 Å². The van der Waals surface area contributed by atoms with Gasteiger partial charge in [0.05, 0.1) is 5.69 Å². The van der Waals surface area contributed by atoms with Crippen LogP contribution in [-0.4, -0.2) is 48.0 Å². The minimum absolute atomic E-state index is 0.501. The van der Waals surface area contributed by atoms with Crippen molar-refractivity contribution >= 4 is 5.82 Å². The second kappa shape index (κ2) is 7.31. The zero-order valence-electron chi connectivity index (χ0n) is 11.8. The molecule has 0 aliphatic rings. The molecule has 0 saturated heterocycles. The van der Waals surface area contributed by atoms with Crippen LogP contribution in [0, 0.1) is 0 Å². The van der Waals surface area contributed by atoms with Gasteiger partial charge in [0.15, 0.2) is 0 Å². The Labute approximate surface area is 110 Å². The van der Waals surface area contributed by atoms with Crippen molar-refractivity contribution in [2.75, 3.05) is 32.6 Å². The Bertz CT molecular complexity index is 353. The first-order valence-electron chi connectivity index (χ1n) is 6.38. The third kappa shape index (κ3) is 4.60. The molecule has 1 unspecified atom stereocenters. The molecule has 0 aromatic carbocycles. The highest BCUT2D eigenvalue weighted by molar-refractivity contribution is 5.33. The number of likely N-dealkylation sites (N-methyl/N-ethyl adjacent to an activating group) is 2. The first-order chi connectivity index (χ1) is 8.56. The molecule has 3 N–H and O–H groups in total. The second-order valence-corrected chi connectivity index (χ2v) is 4.83. The summed E-state index contributed by atoms with van der Waals surface area (Å²) in [5.74, 6) is 6.09. The number of hydrogen-bond acceptors (Lipinski definition) is 5. The van der Waals surface area contributed by atoms with Crippen LogP contribution in [0.1, 0.15) is 19.5 Å². The summed E-state index contributed by atoms with van der Waals surface area (Å²) >= 11 is 0. The summed E-state index contributed by atoms with van der Waals surface area (Å²) in [4.78, 5) is 9.06. The van der Waals surface area contributed by atoms with Crippen molar-refractivity contribution in [3.05, 3.63) is 23.9 Å². The lowest BCUT2D eigenvalue weighted by Crippen LogP contribution is -2.39. The van der Waals surface area contributed by atoms with Crippen LogP contribution in [0.15, 0.2) is 18.2 Å². The Morgan fingerprint density at radius 3 is 2.67 bits per heavy atom. The van der Waals surface area contributed by atoms with Gasteiger partial charge in [0.1, 0.15) is 5.82 Å². The Morgan fingerprint density at radius 2 is 2.11 bits per heavy atom. The van der Waals surface area contributed by atoms with E-state index in [2.05, 4.69) is 48.2 Å². The number of hydrazine groups is 1. The van der Waals surface area contributed by atoms with Gasteiger partial charge in [0.2, 0.25) is 0 Å². The van der Waals surface area contributed by atoms with Gasteiger partial charge in [-0.2, -0.15) is 0 Å². The molecule has 0 amide bonds. The van der Waals surface area contributed by atoms with Gasteiger partial charge >= 0.3 is 0 Å². The molecule has 0 aliphatic heterocycles. The van der Waals surface area contributed by atoms with Crippen molar-refractivity contribution in [2.24, 2.45) is 5.84 Å². The number of nitrogen functional groups attached to an aromatic ring is 1. The van der Waals surface area contributed by atoms with Crippen LogP contribution in [-0.2, 0) is 6.54 Å². The van der Waals surface area contributed by atoms with Gasteiger partial charge in [-0.05, 0) is 39.7 Å². The highest BCUT2D eigenvalue weighted by atomic mass is 15.3. The monoisotopic (exact) mass is 251 g/mol. The van der Waals surface area contributed by atoms with Gasteiger partial charge in [-0.1, -0.05) is 13.0 Å². The molecule has 1 aromatic rings. The molecule has 0 fully saturated rings. The van der Waals surface area contributed by atoms with Gasteiger partial charge in [-0.3, -0.25) is 4.90 Å². The van der Waals surface area contributed by atoms with Gasteiger partial charge in [0, 0.05) is 19.1 Å². The molecule has 0 spiro atoms. The van der Waals surface area contributed by atoms with E-state index in [-0.39, 0.29) is 0 Å². The van der Waals surface area contributed by atoms with Crippen molar-refractivity contribution < 1.29 is 0 Å². The van der Waals surface area contributed by atoms with Crippen LogP contribution >= 0.6 is 0 Å². The summed E-state index contributed by atoms with van der Waals surface area (Å²) < 4.78 is 0. The maximum absolute atomic E-state index is 5.37. The van der Waals surface area contributed by atoms with E-state index in [1.807, 2.05) is 18.2 Å². The molecule has 5 heteroatoms. The van der Waals surface area contributed by atoms with E-state index < -0.39 is 0 Å². The lowest BCUT2D eigenvalue weighted by atomic mass is 10.2. The Kier molecular flexibility index (Phi) is 6.04. The predicted octanol–water partition coefficient (Wildman–Crippen LogP) is 1.14. The van der Waals surface area contributed by atoms with Crippen LogP contribution < -0.4 is 11.3 Å². The number of rotatable bonds is 7. The molecule has 1 heterocycles. The smallest absolute Gasteiger partial charge is 0.140 e. The van der Waals surface area contributed by atoms with E-state index in [1.54, 1.807) is 0 Å². The van der Waals surface area contributed by atoms with E-state index >= 15 is 0 Å². The third-order valence-electron chi connectivity index (χ3n) is 2.98. The molecule has 1 atom stereocenters. The zero-order chi connectivity index (χ0) is 13.5. The van der Waals surface area contributed by atoms with Gasteiger partial charge in [0.25, 0.3) is 0 Å². The minimum atomic E-state index is 0.501. The molecule has 1 aromatic heterocycles. The summed E-state index contributed by atoms with van der Waals surface area (Å²) in [5.41, 5.74) is 3.62. The van der Waals surface area contributed by atoms with E-state index in [0.717, 1.165) is 25.3 Å². The summed E-state index contributed by atoms with van der Waals surface area (Å²) in [6.07, 6.45) is 0. The first kappa shape index (κ1) is 14.9. The fourth-order valence-corrected chi connectivity index (χ4v) is 2.08. The Morgan fingerprint density at radius 1 is 1.39 bits per heavy atom. The number of nitrogens with zero attached hydrogens (tertiary/aromatic N) is 3. The highest BCUT2D eigenvalue weighted by Crippen LogP contribution is 2.09. The highest BCUT2D eigenvalue weighted by Gasteiger charge is 2.13. The maximum atomic E-state index is 5.37. The van der Waals surface area contributed by atoms with E-state index in [0.29, 0.717) is 11.9 Å². The summed E-state index contributed by atoms with van der Waals surface area (Å²) in [6, 6.07) is 6.37. The van der Waals surface area contributed by atoms with E-state index in [4.69, 9.17) is 5.84 Å². The van der Waals surface area contributed by atoms with Gasteiger partial charge in [-0.15, -0.1) is 0 Å². The first-order valence-corrected chi connectivity index (χ1v) is 6.38. The molecule has 102 valence electrons. The van der Waals surface area contributed by atoms with Crippen LogP contribution in [0.5, 0.6) is 0 Å². The van der Waals surface area contributed by atoms with Crippen LogP contribution in [0.4, 0.5) is 5.82 Å². The fourth-order valence-electron chi connectivity index (χ4n) is 2.08. The van der Waals surface area contributed by atoms with E-state index in [1.165, 1.54) is 0 Å². The molecular formula is C13H25N5. The molecule has 0 bridgehead atoms. The maximum Gasteiger partial charge on any atom is 0.140 e. The molecule has 0 saturated carbocycles. The molecule has 1 rings (SSSR count). The van der Waals surface area contributed by atoms with Crippen molar-refractivity contribution in [3.63, 3.8) is 0 Å². The SMILES string of the molecule is CCN(Cc1cccc(NN)n1)C(C)CN(C)C. The lowest BCUT2D eigenvalue weighted by molar-refractivity contribution is 0.172. The number of aromatic nitrogens is 1. The van der Waals surface area contributed by atoms with Crippen LogP contribution in [0.3, 0.4) is 0 Å². The molecule has 0 aliphatic carbocycles. The van der Waals surface area contributed by atoms with Gasteiger partial charge < -0.3 is 10.3 Å². The van der Waals surface area contributed by atoms with Crippen molar-refractivity contribution in [1.29, 1.82) is 0 Å². The van der Waals surface area contributed by atoms with Gasteiger partial charge in [-0.25, -0.2) is 10.8 Å². The number of pyridine rings is 1. The summed E-state index contributed by atoms with van der Waals surface area (Å²) in [6.45, 7) is 7.33. The second-order valence-electron chi connectivity index (χ2n) is 4.83. The van der Waals surface area contributed by atoms with Crippen molar-refractivity contribution in [3.8, 4) is 0 Å². The Hall–Kier alpha value is -1.17. The fraction of sp³-hybridized carbons (Fsp3) is 0.615. The number of nitrogens with two attached hydrogens (primary N) is 1. The van der Waals surface area contributed by atoms with Crippen molar-refractivity contribution in [1.82, 2.24) is 14.8 Å². The van der Waals surface area contributed by atoms with Crippen LogP contribution in [0.25, 0.3) is 0 Å². The zero-order valence-corrected chi connectivity index (χ0v) is 11.8. The van der Waals surface area contributed by atoms with E-state index in [9.17, 15) is 0 Å². The molecule has 0 radical (unpaired) electrons. The Balaban J connectivity index is 2.66.